The van der Waals surface area contributed by atoms with E-state index in [4.69, 9.17) is 4.74 Å². The first-order valence-electron chi connectivity index (χ1n) is 4.83. The molecule has 5 heteroatoms. The molecular weight excluding hydrogens is 186 g/mol. The molecule has 1 atom stereocenters. The number of nitrogens with zero attached hydrogens (tertiary/aromatic N) is 1. The van der Waals surface area contributed by atoms with Gasteiger partial charge in [0.15, 0.2) is 0 Å². The summed E-state index contributed by atoms with van der Waals surface area (Å²) in [7, 11) is 0. The lowest BCUT2D eigenvalue weighted by Crippen LogP contribution is -2.46. The monoisotopic (exact) mass is 205 g/mol. The fourth-order valence-electron chi connectivity index (χ4n) is 0.767. The number of rotatable bonds is 7. The van der Waals surface area contributed by atoms with Gasteiger partial charge in [0.2, 0.25) is 5.54 Å². The molecule has 0 spiro atoms. The molecule has 0 aliphatic carbocycles. The number of aliphatic hydroxyl groups is 1. The largest absolute Gasteiger partial charge is 0.383 e. The lowest BCUT2D eigenvalue weighted by molar-refractivity contribution is -0.574. The highest BCUT2D eigenvalue weighted by Gasteiger charge is 2.39. The summed E-state index contributed by atoms with van der Waals surface area (Å²) in [5.74, 6) is 0. The lowest BCUT2D eigenvalue weighted by Gasteiger charge is -2.21. The van der Waals surface area contributed by atoms with Crippen LogP contribution >= 0.6 is 0 Å². The van der Waals surface area contributed by atoms with Gasteiger partial charge in [-0.25, -0.2) is 0 Å². The Morgan fingerprint density at radius 2 is 2.14 bits per heavy atom. The first-order chi connectivity index (χ1) is 6.42. The Balaban J connectivity index is 3.83. The molecule has 0 aliphatic heterocycles. The highest BCUT2D eigenvalue weighted by atomic mass is 16.6. The Morgan fingerprint density at radius 3 is 2.57 bits per heavy atom. The van der Waals surface area contributed by atoms with Crippen LogP contribution in [0.5, 0.6) is 0 Å². The predicted molar refractivity (Wildman–Crippen MR) is 52.8 cm³/mol. The third-order valence-electron chi connectivity index (χ3n) is 2.20. The minimum Gasteiger partial charge on any atom is -0.383 e. The molecule has 0 fully saturated rings. The molecule has 0 aromatic carbocycles. The van der Waals surface area contributed by atoms with Gasteiger partial charge in [0.1, 0.15) is 6.10 Å². The zero-order valence-corrected chi connectivity index (χ0v) is 9.02. The molecule has 0 saturated heterocycles. The van der Waals surface area contributed by atoms with E-state index in [9.17, 15) is 15.2 Å². The van der Waals surface area contributed by atoms with Crippen LogP contribution in [0.15, 0.2) is 0 Å². The third kappa shape index (κ3) is 4.02. The zero-order valence-electron chi connectivity index (χ0n) is 9.02. The van der Waals surface area contributed by atoms with Crippen LogP contribution in [0.2, 0.25) is 0 Å². The topological polar surface area (TPSA) is 72.6 Å². The molecule has 84 valence electrons. The van der Waals surface area contributed by atoms with Crippen molar-refractivity contribution in [1.29, 1.82) is 0 Å². The quantitative estimate of drug-likeness (QED) is 0.385. The summed E-state index contributed by atoms with van der Waals surface area (Å²) in [4.78, 5) is 10.1. The van der Waals surface area contributed by atoms with E-state index < -0.39 is 16.6 Å². The van der Waals surface area contributed by atoms with E-state index in [0.717, 1.165) is 12.8 Å². The molecule has 0 saturated carbocycles. The van der Waals surface area contributed by atoms with Gasteiger partial charge in [-0.2, -0.15) is 0 Å². The number of aliphatic hydroxyl groups excluding tert-OH is 1. The van der Waals surface area contributed by atoms with Crippen LogP contribution < -0.4 is 0 Å². The van der Waals surface area contributed by atoms with Gasteiger partial charge in [0.25, 0.3) is 0 Å². The maximum Gasteiger partial charge on any atom is 0.244 e. The molecule has 0 radical (unpaired) electrons. The van der Waals surface area contributed by atoms with Crippen molar-refractivity contribution >= 4 is 0 Å². The molecule has 0 aliphatic rings. The number of unbranched alkanes of at least 4 members (excludes halogenated alkanes) is 1. The van der Waals surface area contributed by atoms with Crippen molar-refractivity contribution in [2.45, 2.75) is 45.3 Å². The minimum atomic E-state index is -1.34. The van der Waals surface area contributed by atoms with Gasteiger partial charge in [0.05, 0.1) is 6.61 Å². The van der Waals surface area contributed by atoms with Crippen molar-refractivity contribution in [2.75, 3.05) is 13.2 Å². The van der Waals surface area contributed by atoms with Crippen molar-refractivity contribution in [3.63, 3.8) is 0 Å². The van der Waals surface area contributed by atoms with E-state index in [1.165, 1.54) is 13.8 Å². The first-order valence-corrected chi connectivity index (χ1v) is 4.83. The normalized spacial score (nSPS) is 14.0. The van der Waals surface area contributed by atoms with Crippen LogP contribution in [0, 0.1) is 10.1 Å². The average Bonchev–Trinajstić information content (AvgIpc) is 2.11. The maximum absolute atomic E-state index is 10.5. The van der Waals surface area contributed by atoms with Crippen molar-refractivity contribution < 1.29 is 14.8 Å². The fourth-order valence-corrected chi connectivity index (χ4v) is 0.767. The third-order valence-corrected chi connectivity index (χ3v) is 2.20. The van der Waals surface area contributed by atoms with Crippen LogP contribution in [0.3, 0.4) is 0 Å². The Hall–Kier alpha value is -0.680. The SMILES string of the molecule is CCCCOCC(O)C(C)(C)[N+](=O)[O-]. The van der Waals surface area contributed by atoms with E-state index in [-0.39, 0.29) is 6.61 Å². The summed E-state index contributed by atoms with van der Waals surface area (Å²) in [6.45, 7) is 5.37. The second-order valence-electron chi connectivity index (χ2n) is 3.86. The van der Waals surface area contributed by atoms with E-state index in [2.05, 4.69) is 0 Å². The van der Waals surface area contributed by atoms with Crippen LogP contribution in [-0.4, -0.2) is 34.9 Å². The number of hydrogen-bond donors (Lipinski definition) is 1. The Bertz CT molecular complexity index is 182. The molecular formula is C9H19NO4. The summed E-state index contributed by atoms with van der Waals surface area (Å²) < 4.78 is 5.12. The van der Waals surface area contributed by atoms with E-state index in [0.29, 0.717) is 6.61 Å². The molecule has 5 nitrogen and oxygen atoms in total. The summed E-state index contributed by atoms with van der Waals surface area (Å²) in [6, 6.07) is 0. The van der Waals surface area contributed by atoms with Crippen LogP contribution in [0.25, 0.3) is 0 Å². The van der Waals surface area contributed by atoms with Gasteiger partial charge in [-0.05, 0) is 6.42 Å². The van der Waals surface area contributed by atoms with E-state index >= 15 is 0 Å². The van der Waals surface area contributed by atoms with Gasteiger partial charge in [-0.1, -0.05) is 13.3 Å². The van der Waals surface area contributed by atoms with Crippen molar-refractivity contribution in [3.05, 3.63) is 10.1 Å². The average molecular weight is 205 g/mol. The zero-order chi connectivity index (χ0) is 11.2. The molecule has 1 N–H and O–H groups in total. The highest BCUT2D eigenvalue weighted by molar-refractivity contribution is 4.76. The minimum absolute atomic E-state index is 0.0218. The Morgan fingerprint density at radius 1 is 1.57 bits per heavy atom. The van der Waals surface area contributed by atoms with Crippen LogP contribution in [0.4, 0.5) is 0 Å². The number of hydrogen-bond acceptors (Lipinski definition) is 4. The van der Waals surface area contributed by atoms with Gasteiger partial charge in [-0.15, -0.1) is 0 Å². The molecule has 0 amide bonds. The molecule has 14 heavy (non-hydrogen) atoms. The standard InChI is InChI=1S/C9H19NO4/c1-4-5-6-14-7-8(11)9(2,3)10(12)13/h8,11H,4-7H2,1-3H3. The van der Waals surface area contributed by atoms with Gasteiger partial charge >= 0.3 is 0 Å². The maximum atomic E-state index is 10.5. The summed E-state index contributed by atoms with van der Waals surface area (Å²) >= 11 is 0. The molecule has 0 aromatic rings. The van der Waals surface area contributed by atoms with E-state index in [1.54, 1.807) is 0 Å². The van der Waals surface area contributed by atoms with Gasteiger partial charge < -0.3 is 9.84 Å². The summed E-state index contributed by atoms with van der Waals surface area (Å²) in [5, 5.41) is 20.0. The Kier molecular flexibility index (Phi) is 5.64. The predicted octanol–water partition coefficient (Wildman–Crippen LogP) is 1.22. The summed E-state index contributed by atoms with van der Waals surface area (Å²) in [5.41, 5.74) is -1.34. The van der Waals surface area contributed by atoms with Crippen LogP contribution in [0.1, 0.15) is 33.6 Å². The van der Waals surface area contributed by atoms with Crippen LogP contribution in [-0.2, 0) is 4.74 Å². The molecule has 0 bridgehead atoms. The lowest BCUT2D eigenvalue weighted by atomic mass is 9.99. The second-order valence-corrected chi connectivity index (χ2v) is 3.86. The Labute approximate surface area is 84.2 Å². The highest BCUT2D eigenvalue weighted by Crippen LogP contribution is 2.13. The molecule has 0 rings (SSSR count). The number of ether oxygens (including phenoxy) is 1. The molecule has 0 heterocycles. The fraction of sp³-hybridized carbons (Fsp3) is 1.00. The van der Waals surface area contributed by atoms with Crippen molar-refractivity contribution in [3.8, 4) is 0 Å². The smallest absolute Gasteiger partial charge is 0.244 e. The molecule has 1 unspecified atom stereocenters. The van der Waals surface area contributed by atoms with Gasteiger partial charge in [0, 0.05) is 25.4 Å². The van der Waals surface area contributed by atoms with Crippen molar-refractivity contribution in [1.82, 2.24) is 0 Å². The molecule has 0 aromatic heterocycles. The van der Waals surface area contributed by atoms with Gasteiger partial charge in [-0.3, -0.25) is 10.1 Å². The van der Waals surface area contributed by atoms with E-state index in [1.807, 2.05) is 6.92 Å². The second kappa shape index (κ2) is 5.93. The number of nitro groups is 1. The van der Waals surface area contributed by atoms with Crippen molar-refractivity contribution in [2.24, 2.45) is 0 Å². The summed E-state index contributed by atoms with van der Waals surface area (Å²) in [6.07, 6.45) is 0.856. The first kappa shape index (κ1) is 13.3.